The fourth-order valence-corrected chi connectivity index (χ4v) is 10.0. The van der Waals surface area contributed by atoms with Gasteiger partial charge in [-0.05, 0) is 149 Å². The van der Waals surface area contributed by atoms with Crippen molar-refractivity contribution in [3.05, 3.63) is 135 Å². The largest absolute Gasteiger partial charge is 0.493 e. The van der Waals surface area contributed by atoms with Crippen molar-refractivity contribution >= 4 is 35.4 Å². The number of para-hydroxylation sites is 1. The average molecular weight is 984 g/mol. The van der Waals surface area contributed by atoms with Gasteiger partial charge >= 0.3 is 5.97 Å². The number of fused-ring (bicyclic) bond motifs is 1. The summed E-state index contributed by atoms with van der Waals surface area (Å²) < 4.78 is 29.7. The predicted octanol–water partition coefficient (Wildman–Crippen LogP) is 9.19. The van der Waals surface area contributed by atoms with E-state index in [4.69, 9.17) is 23.7 Å². The van der Waals surface area contributed by atoms with Gasteiger partial charge in [-0.15, -0.1) is 0 Å². The number of carbonyl (C=O) groups excluding carboxylic acids is 6. The third-order valence-electron chi connectivity index (χ3n) is 14.1. The summed E-state index contributed by atoms with van der Waals surface area (Å²) in [5.41, 5.74) is 7.81. The molecular weight excluding hydrogens is 915 g/mol. The number of allylic oxidation sites excluding steroid dienone is 1. The minimum Gasteiger partial charge on any atom is -0.493 e. The number of esters is 1. The van der Waals surface area contributed by atoms with Crippen molar-refractivity contribution in [1.82, 2.24) is 15.1 Å². The fraction of sp³-hybridized carbons (Fsp3) is 0.448. The highest BCUT2D eigenvalue weighted by Gasteiger charge is 2.44. The summed E-state index contributed by atoms with van der Waals surface area (Å²) >= 11 is 0. The van der Waals surface area contributed by atoms with E-state index in [2.05, 4.69) is 43.9 Å². The molecule has 0 aromatic heterocycles. The molecule has 382 valence electrons. The van der Waals surface area contributed by atoms with Crippen LogP contribution in [-0.4, -0.2) is 97.8 Å². The number of likely N-dealkylation sites (tertiary alicyclic amines) is 1. The zero-order chi connectivity index (χ0) is 51.5. The van der Waals surface area contributed by atoms with E-state index in [0.29, 0.717) is 117 Å². The van der Waals surface area contributed by atoms with Gasteiger partial charge in [-0.1, -0.05) is 62.0 Å². The molecule has 0 saturated carbocycles. The van der Waals surface area contributed by atoms with Gasteiger partial charge in [0.15, 0.2) is 17.3 Å². The van der Waals surface area contributed by atoms with E-state index in [0.717, 1.165) is 40.0 Å². The zero-order valence-electron chi connectivity index (χ0n) is 42.6. The van der Waals surface area contributed by atoms with Crippen molar-refractivity contribution < 1.29 is 52.5 Å². The Hall–Kier alpha value is -6.80. The molecule has 4 aromatic carbocycles. The molecule has 3 aliphatic rings. The van der Waals surface area contributed by atoms with Crippen LogP contribution in [0.25, 0.3) is 0 Å². The van der Waals surface area contributed by atoms with Gasteiger partial charge in [0.2, 0.25) is 11.8 Å². The van der Waals surface area contributed by atoms with Crippen LogP contribution >= 0.6 is 0 Å². The molecule has 4 atom stereocenters. The van der Waals surface area contributed by atoms with E-state index in [1.807, 2.05) is 50.2 Å². The SMILES string of the molecule is C=C1CCC(N2C(=O)c3ccc(CCCOCCCC(=O)COc4ccccc4C(CCc4ccc(C)c(C)c4)OC(=O)[C@@H]4CCCCN4C(=O)[C@@H](CC)c4cc(C)c(OC)c(OC)c4)cc3C2=O)C(=O)N1. The van der Waals surface area contributed by atoms with Crippen molar-refractivity contribution in [2.75, 3.05) is 40.6 Å². The molecule has 7 rings (SSSR count). The van der Waals surface area contributed by atoms with Crippen molar-refractivity contribution in [2.45, 2.75) is 129 Å². The van der Waals surface area contributed by atoms with Crippen LogP contribution in [0.4, 0.5) is 0 Å². The molecule has 0 aliphatic carbocycles. The van der Waals surface area contributed by atoms with E-state index in [9.17, 15) is 28.8 Å². The smallest absolute Gasteiger partial charge is 0.329 e. The number of benzene rings is 4. The van der Waals surface area contributed by atoms with E-state index < -0.39 is 47.8 Å². The molecule has 0 spiro atoms. The van der Waals surface area contributed by atoms with Crippen LogP contribution in [0, 0.1) is 20.8 Å². The second-order valence-electron chi connectivity index (χ2n) is 19.2. The second-order valence-corrected chi connectivity index (χ2v) is 19.2. The Morgan fingerprint density at radius 1 is 0.792 bits per heavy atom. The first kappa shape index (κ1) is 53.0. The molecule has 1 N–H and O–H groups in total. The lowest BCUT2D eigenvalue weighted by Gasteiger charge is -2.37. The topological polar surface area (TPSA) is 167 Å². The van der Waals surface area contributed by atoms with Crippen molar-refractivity contribution in [1.29, 1.82) is 0 Å². The Bertz CT molecular complexity index is 2680. The Morgan fingerprint density at radius 3 is 2.29 bits per heavy atom. The molecular formula is C58H69N3O11. The van der Waals surface area contributed by atoms with Crippen molar-refractivity contribution in [2.24, 2.45) is 0 Å². The van der Waals surface area contributed by atoms with Crippen molar-refractivity contribution in [3.63, 3.8) is 0 Å². The van der Waals surface area contributed by atoms with Gasteiger partial charge < -0.3 is 33.9 Å². The lowest BCUT2D eigenvalue weighted by Crippen LogP contribution is -2.51. The minimum absolute atomic E-state index is 0.106. The van der Waals surface area contributed by atoms with E-state index in [1.54, 1.807) is 37.3 Å². The summed E-state index contributed by atoms with van der Waals surface area (Å²) in [6.45, 7) is 12.9. The van der Waals surface area contributed by atoms with Gasteiger partial charge in [-0.25, -0.2) is 4.79 Å². The number of carbonyl (C=O) groups is 6. The maximum Gasteiger partial charge on any atom is 0.329 e. The van der Waals surface area contributed by atoms with Crippen LogP contribution in [0.5, 0.6) is 17.2 Å². The summed E-state index contributed by atoms with van der Waals surface area (Å²) in [5, 5.41) is 2.65. The molecule has 2 unspecified atom stereocenters. The minimum atomic E-state index is -0.858. The lowest BCUT2D eigenvalue weighted by atomic mass is 9.91. The average Bonchev–Trinajstić information content (AvgIpc) is 3.62. The molecule has 2 saturated heterocycles. The highest BCUT2D eigenvalue weighted by Crippen LogP contribution is 2.38. The number of hydrogen-bond acceptors (Lipinski definition) is 11. The standard InChI is InChI=1S/C58H69N3O11/c1-8-44(42-32-38(4)53(69-7)52(34-42)68-6)55(64)60-28-12-11-18-49(60)58(67)72-51(27-24-41-22-20-36(2)37(3)31-41)46-17-9-10-19-50(46)71-35-43(62)16-14-30-70-29-13-15-40-23-25-45-47(33-40)57(66)61(56(45)65)48-26-21-39(5)59-54(48)63/h9-10,17,19-20,22-23,25,31-34,44,48-49,51H,5,8,11-16,18,21,24,26-30,35H2,1-4,6-7H3,(H,59,63)/t44-,48?,49-,51?/m0/s1. The molecule has 0 bridgehead atoms. The summed E-state index contributed by atoms with van der Waals surface area (Å²) in [6.07, 6.45) is 5.74. The number of hydrogen-bond donors (Lipinski definition) is 1. The quantitative estimate of drug-likeness (QED) is 0.0428. The van der Waals surface area contributed by atoms with Gasteiger partial charge in [-0.3, -0.25) is 28.9 Å². The van der Waals surface area contributed by atoms with E-state index >= 15 is 0 Å². The van der Waals surface area contributed by atoms with Crippen LogP contribution in [0.2, 0.25) is 0 Å². The summed E-state index contributed by atoms with van der Waals surface area (Å²) in [6, 6.07) is 21.0. The van der Waals surface area contributed by atoms with Crippen LogP contribution in [-0.2, 0) is 41.5 Å². The number of methoxy groups -OCH3 is 2. The zero-order valence-corrected chi connectivity index (χ0v) is 42.6. The number of aryl methyl sites for hydroxylation is 5. The number of ether oxygens (including phenoxy) is 5. The maximum atomic E-state index is 14.5. The Kier molecular flexibility index (Phi) is 18.1. The van der Waals surface area contributed by atoms with Crippen LogP contribution < -0.4 is 19.5 Å². The molecule has 72 heavy (non-hydrogen) atoms. The number of ketones is 1. The van der Waals surface area contributed by atoms with Crippen molar-refractivity contribution in [3.8, 4) is 17.2 Å². The fourth-order valence-electron chi connectivity index (χ4n) is 10.0. The number of nitrogens with one attached hydrogen (secondary N) is 1. The third kappa shape index (κ3) is 12.4. The third-order valence-corrected chi connectivity index (χ3v) is 14.1. The molecule has 2 fully saturated rings. The number of amides is 4. The highest BCUT2D eigenvalue weighted by atomic mass is 16.5. The highest BCUT2D eigenvalue weighted by molar-refractivity contribution is 6.23. The molecule has 4 amide bonds. The number of rotatable bonds is 23. The van der Waals surface area contributed by atoms with Crippen LogP contribution in [0.3, 0.4) is 0 Å². The number of Topliss-reactive ketones (excluding diaryl/α,β-unsaturated/α-hetero) is 1. The van der Waals surface area contributed by atoms with Gasteiger partial charge in [0.1, 0.15) is 30.5 Å². The summed E-state index contributed by atoms with van der Waals surface area (Å²) in [4.78, 5) is 83.9. The Balaban J connectivity index is 0.937. The molecule has 4 aromatic rings. The normalized spacial score (nSPS) is 17.5. The second kappa shape index (κ2) is 24.6. The predicted molar refractivity (Wildman–Crippen MR) is 272 cm³/mol. The number of imide groups is 1. The first-order chi connectivity index (χ1) is 34.7. The monoisotopic (exact) mass is 983 g/mol. The molecule has 3 aliphatic heterocycles. The molecule has 14 nitrogen and oxygen atoms in total. The van der Waals surface area contributed by atoms with Crippen LogP contribution in [0.1, 0.15) is 143 Å². The summed E-state index contributed by atoms with van der Waals surface area (Å²) in [7, 11) is 3.16. The number of nitrogens with zero attached hydrogens (tertiary/aromatic N) is 2. The molecule has 14 heteroatoms. The molecule has 0 radical (unpaired) electrons. The summed E-state index contributed by atoms with van der Waals surface area (Å²) in [5.74, 6) is -0.931. The lowest BCUT2D eigenvalue weighted by molar-refractivity contribution is -0.162. The Labute approximate surface area is 423 Å². The van der Waals surface area contributed by atoms with Crippen LogP contribution in [0.15, 0.2) is 85.1 Å². The Morgan fingerprint density at radius 2 is 1.54 bits per heavy atom. The van der Waals surface area contributed by atoms with Gasteiger partial charge in [-0.2, -0.15) is 0 Å². The van der Waals surface area contributed by atoms with Gasteiger partial charge in [0.25, 0.3) is 11.8 Å². The molecule has 3 heterocycles. The van der Waals surface area contributed by atoms with E-state index in [1.165, 1.54) is 11.1 Å². The van der Waals surface area contributed by atoms with Gasteiger partial charge in [0.05, 0.1) is 31.3 Å². The van der Waals surface area contributed by atoms with E-state index in [-0.39, 0.29) is 24.7 Å². The maximum absolute atomic E-state index is 14.5. The first-order valence-corrected chi connectivity index (χ1v) is 25.3. The first-order valence-electron chi connectivity index (χ1n) is 25.3. The number of piperidine rings is 2. The van der Waals surface area contributed by atoms with Gasteiger partial charge in [0, 0.05) is 37.4 Å².